The van der Waals surface area contributed by atoms with Gasteiger partial charge in [0.05, 0.1) is 21.9 Å². The number of nitrogens with zero attached hydrogens (tertiary/aromatic N) is 2. The minimum absolute atomic E-state index is 0.0748. The summed E-state index contributed by atoms with van der Waals surface area (Å²) in [6, 6.07) is 11.8. The highest BCUT2D eigenvalue weighted by Crippen LogP contribution is 2.41. The molecule has 2 aliphatic heterocycles. The number of aromatic nitrogens is 2. The number of fused-ring (bicyclic) bond motifs is 1. The highest BCUT2D eigenvalue weighted by atomic mass is 32.2. The third-order valence-electron chi connectivity index (χ3n) is 5.25. The SMILES string of the molecule is CCS(=O)(=O)c1ccc(Oc2ccc(C(F)(F)F)cc2)c(-c2cc(C)n(O)c3nccc2-3)c1. The van der Waals surface area contributed by atoms with E-state index in [2.05, 4.69) is 4.98 Å². The molecule has 0 aliphatic carbocycles. The lowest BCUT2D eigenvalue weighted by Gasteiger charge is -2.18. The van der Waals surface area contributed by atoms with E-state index in [1.807, 2.05) is 0 Å². The van der Waals surface area contributed by atoms with Crippen LogP contribution in [0, 0.1) is 6.92 Å². The van der Waals surface area contributed by atoms with Gasteiger partial charge in [-0.2, -0.15) is 17.9 Å². The summed E-state index contributed by atoms with van der Waals surface area (Å²) in [5.74, 6) is 0.553. The maximum atomic E-state index is 12.9. The van der Waals surface area contributed by atoms with E-state index >= 15 is 0 Å². The summed E-state index contributed by atoms with van der Waals surface area (Å²) in [5, 5.41) is 10.3. The molecule has 0 fully saturated rings. The molecule has 0 saturated heterocycles. The van der Waals surface area contributed by atoms with Gasteiger partial charge in [-0.1, -0.05) is 6.92 Å². The molecule has 6 nitrogen and oxygen atoms in total. The molecule has 2 aliphatic rings. The quantitative estimate of drug-likeness (QED) is 0.368. The number of sulfone groups is 1. The first-order chi connectivity index (χ1) is 15.5. The molecule has 0 bridgehead atoms. The summed E-state index contributed by atoms with van der Waals surface area (Å²) in [6.45, 7) is 3.18. The molecule has 33 heavy (non-hydrogen) atoms. The molecule has 10 heteroatoms. The summed E-state index contributed by atoms with van der Waals surface area (Å²) in [7, 11) is -3.55. The summed E-state index contributed by atoms with van der Waals surface area (Å²) in [5.41, 5.74) is 1.13. The van der Waals surface area contributed by atoms with Gasteiger partial charge >= 0.3 is 6.18 Å². The summed E-state index contributed by atoms with van der Waals surface area (Å²) < 4.78 is 70.5. The second-order valence-electron chi connectivity index (χ2n) is 7.38. The van der Waals surface area contributed by atoms with Gasteiger partial charge in [0.15, 0.2) is 15.7 Å². The lowest BCUT2D eigenvalue weighted by Crippen LogP contribution is -2.07. The van der Waals surface area contributed by atoms with Crippen LogP contribution in [-0.4, -0.2) is 29.1 Å². The first-order valence-electron chi connectivity index (χ1n) is 9.90. The minimum Gasteiger partial charge on any atom is -0.457 e. The van der Waals surface area contributed by atoms with Crippen molar-refractivity contribution < 1.29 is 31.5 Å². The fourth-order valence-corrected chi connectivity index (χ4v) is 4.36. The molecule has 1 N–H and O–H groups in total. The molecule has 0 saturated carbocycles. The van der Waals surface area contributed by atoms with Crippen LogP contribution in [0.1, 0.15) is 18.2 Å². The first-order valence-corrected chi connectivity index (χ1v) is 11.5. The van der Waals surface area contributed by atoms with Crippen molar-refractivity contribution in [1.82, 2.24) is 9.71 Å². The van der Waals surface area contributed by atoms with Gasteiger partial charge in [0.25, 0.3) is 0 Å². The highest BCUT2D eigenvalue weighted by Gasteiger charge is 2.30. The summed E-state index contributed by atoms with van der Waals surface area (Å²) >= 11 is 0. The van der Waals surface area contributed by atoms with Gasteiger partial charge in [0.2, 0.25) is 0 Å². The molecular weight excluding hydrogens is 457 g/mol. The number of aryl methyl sites for hydroxylation is 1. The van der Waals surface area contributed by atoms with Crippen molar-refractivity contribution in [2.75, 3.05) is 5.75 Å². The lowest BCUT2D eigenvalue weighted by molar-refractivity contribution is -0.137. The van der Waals surface area contributed by atoms with Gasteiger partial charge in [-0.15, -0.1) is 0 Å². The number of alkyl halides is 3. The largest absolute Gasteiger partial charge is 0.457 e. The molecule has 2 aromatic rings. The van der Waals surface area contributed by atoms with Crippen LogP contribution in [-0.2, 0) is 16.0 Å². The van der Waals surface area contributed by atoms with Gasteiger partial charge < -0.3 is 9.94 Å². The number of hydrogen-bond acceptors (Lipinski definition) is 5. The number of pyridine rings is 1. The van der Waals surface area contributed by atoms with Gasteiger partial charge in [-0.3, -0.25) is 0 Å². The molecule has 0 radical (unpaired) electrons. The van der Waals surface area contributed by atoms with Crippen molar-refractivity contribution in [3.8, 4) is 34.0 Å². The average molecular weight is 476 g/mol. The van der Waals surface area contributed by atoms with Crippen LogP contribution in [0.25, 0.3) is 22.5 Å². The van der Waals surface area contributed by atoms with E-state index in [4.69, 9.17) is 4.74 Å². The Hall–Kier alpha value is -3.53. The Kier molecular flexibility index (Phi) is 5.57. The van der Waals surface area contributed by atoms with Crippen molar-refractivity contribution in [1.29, 1.82) is 0 Å². The third-order valence-corrected chi connectivity index (χ3v) is 6.98. The zero-order chi connectivity index (χ0) is 24.0. The molecule has 0 amide bonds. The second-order valence-corrected chi connectivity index (χ2v) is 9.66. The zero-order valence-electron chi connectivity index (χ0n) is 17.6. The van der Waals surface area contributed by atoms with E-state index in [0.717, 1.165) is 16.9 Å². The molecule has 0 unspecified atom stereocenters. The Morgan fingerprint density at radius 1 is 1.00 bits per heavy atom. The van der Waals surface area contributed by atoms with Crippen molar-refractivity contribution in [2.45, 2.75) is 24.9 Å². The zero-order valence-corrected chi connectivity index (χ0v) is 18.4. The van der Waals surface area contributed by atoms with E-state index in [1.165, 1.54) is 43.5 Å². The van der Waals surface area contributed by atoms with E-state index in [0.29, 0.717) is 22.4 Å². The Morgan fingerprint density at radius 3 is 2.33 bits per heavy atom. The third kappa shape index (κ3) is 4.25. The van der Waals surface area contributed by atoms with E-state index in [-0.39, 0.29) is 28.0 Å². The Balaban J connectivity index is 1.87. The molecule has 2 aromatic carbocycles. The fraction of sp³-hybridized carbons (Fsp3) is 0.174. The van der Waals surface area contributed by atoms with Gasteiger partial charge in [-0.25, -0.2) is 13.4 Å². The molecule has 0 atom stereocenters. The Labute approximate surface area is 188 Å². The van der Waals surface area contributed by atoms with Crippen LogP contribution in [0.3, 0.4) is 0 Å². The van der Waals surface area contributed by atoms with Crippen molar-refractivity contribution in [2.24, 2.45) is 0 Å². The summed E-state index contributed by atoms with van der Waals surface area (Å²) in [6.07, 6.45) is -2.97. The molecule has 172 valence electrons. The van der Waals surface area contributed by atoms with Crippen molar-refractivity contribution in [3.63, 3.8) is 0 Å². The average Bonchev–Trinajstić information content (AvgIpc) is 3.26. The first kappa shape index (κ1) is 22.7. The number of rotatable bonds is 5. The van der Waals surface area contributed by atoms with Crippen LogP contribution in [0.5, 0.6) is 11.5 Å². The van der Waals surface area contributed by atoms with Crippen LogP contribution >= 0.6 is 0 Å². The number of hydrogen-bond donors (Lipinski definition) is 1. The lowest BCUT2D eigenvalue weighted by atomic mass is 9.98. The standard InChI is InChI=1S/C23H19F3N2O4S/c1-3-33(30,31)17-8-9-21(32-16-6-4-15(5-7-16)23(24,25)26)20(13-17)19-12-14(2)28(29)22-18(19)10-11-27-22/h4-13,29H,3H2,1-2H3. The predicted molar refractivity (Wildman–Crippen MR) is 115 cm³/mol. The number of ether oxygens (including phenoxy) is 1. The monoisotopic (exact) mass is 476 g/mol. The van der Waals surface area contributed by atoms with Crippen molar-refractivity contribution >= 4 is 9.84 Å². The van der Waals surface area contributed by atoms with Crippen LogP contribution in [0.4, 0.5) is 13.2 Å². The second kappa shape index (κ2) is 8.11. The van der Waals surface area contributed by atoms with Crippen LogP contribution in [0.15, 0.2) is 65.7 Å². The smallest absolute Gasteiger partial charge is 0.416 e. The van der Waals surface area contributed by atoms with Crippen molar-refractivity contribution in [3.05, 3.63) is 72.1 Å². The normalized spacial score (nSPS) is 12.3. The molecule has 0 aromatic heterocycles. The Bertz CT molecular complexity index is 1390. The maximum Gasteiger partial charge on any atom is 0.416 e. The maximum absolute atomic E-state index is 12.9. The number of halogens is 3. The topological polar surface area (TPSA) is 81.4 Å². The highest BCUT2D eigenvalue weighted by molar-refractivity contribution is 7.91. The molecule has 2 heterocycles. The molecule has 4 rings (SSSR count). The Morgan fingerprint density at radius 2 is 1.70 bits per heavy atom. The van der Waals surface area contributed by atoms with E-state index in [1.54, 1.807) is 19.1 Å². The van der Waals surface area contributed by atoms with Crippen LogP contribution in [0.2, 0.25) is 0 Å². The van der Waals surface area contributed by atoms with E-state index < -0.39 is 21.6 Å². The van der Waals surface area contributed by atoms with E-state index in [9.17, 15) is 26.8 Å². The van der Waals surface area contributed by atoms with Gasteiger partial charge in [0, 0.05) is 17.3 Å². The predicted octanol–water partition coefficient (Wildman–Crippen LogP) is 5.81. The van der Waals surface area contributed by atoms with Gasteiger partial charge in [-0.05, 0) is 67.1 Å². The molecular formula is C23H19F3N2O4S. The van der Waals surface area contributed by atoms with Crippen LogP contribution < -0.4 is 4.74 Å². The molecule has 0 spiro atoms. The number of benzene rings is 2. The minimum atomic E-state index is -4.47. The fourth-order valence-electron chi connectivity index (χ4n) is 3.45. The van der Waals surface area contributed by atoms with Gasteiger partial charge in [0.1, 0.15) is 11.5 Å². The summed E-state index contributed by atoms with van der Waals surface area (Å²) in [4.78, 5) is 4.22.